The van der Waals surface area contributed by atoms with E-state index in [-0.39, 0.29) is 12.2 Å². The summed E-state index contributed by atoms with van der Waals surface area (Å²) < 4.78 is 13.6. The van der Waals surface area contributed by atoms with Crippen molar-refractivity contribution in [3.63, 3.8) is 0 Å². The first-order valence-corrected chi connectivity index (χ1v) is 6.72. The van der Waals surface area contributed by atoms with Gasteiger partial charge in [-0.05, 0) is 41.8 Å². The number of Topliss-reactive ketones (excluding diaryl/α,β-unsaturated/α-hetero) is 1. The van der Waals surface area contributed by atoms with Crippen LogP contribution in [0.15, 0.2) is 42.5 Å². The fourth-order valence-electron chi connectivity index (χ4n) is 2.00. The van der Waals surface area contributed by atoms with Crippen LogP contribution in [0.4, 0.5) is 10.1 Å². The predicted octanol–water partition coefficient (Wildman–Crippen LogP) is 3.81. The van der Waals surface area contributed by atoms with Crippen LogP contribution in [0, 0.1) is 5.82 Å². The van der Waals surface area contributed by atoms with E-state index in [1.165, 1.54) is 6.07 Å². The van der Waals surface area contributed by atoms with Gasteiger partial charge in [0.05, 0.1) is 0 Å². The minimum absolute atomic E-state index is 0.00588. The molecular weight excluding hydrogens is 277 g/mol. The molecule has 0 atom stereocenters. The second-order valence-electron chi connectivity index (χ2n) is 4.70. The standard InChI is InChI=1S/C16H15ClFNO/c17-13-6-5-12(16(18)10-13)9-15(20)7-4-11-2-1-3-14(19)8-11/h1-3,5-6,8,10H,4,7,9,19H2. The van der Waals surface area contributed by atoms with Gasteiger partial charge in [0.15, 0.2) is 0 Å². The predicted molar refractivity (Wildman–Crippen MR) is 79.3 cm³/mol. The molecule has 0 aromatic heterocycles. The highest BCUT2D eigenvalue weighted by molar-refractivity contribution is 6.30. The zero-order valence-electron chi connectivity index (χ0n) is 10.9. The highest BCUT2D eigenvalue weighted by Gasteiger charge is 2.09. The number of carbonyl (C=O) groups is 1. The molecule has 0 bridgehead atoms. The average molecular weight is 292 g/mol. The Morgan fingerprint density at radius 2 is 2.00 bits per heavy atom. The zero-order valence-corrected chi connectivity index (χ0v) is 11.7. The van der Waals surface area contributed by atoms with Gasteiger partial charge in [-0.15, -0.1) is 0 Å². The summed E-state index contributed by atoms with van der Waals surface area (Å²) >= 11 is 5.67. The van der Waals surface area contributed by atoms with Crippen molar-refractivity contribution in [3.05, 3.63) is 64.4 Å². The number of nitrogen functional groups attached to an aromatic ring is 1. The number of carbonyl (C=O) groups excluding carboxylic acids is 1. The van der Waals surface area contributed by atoms with Crippen molar-refractivity contribution in [2.45, 2.75) is 19.3 Å². The van der Waals surface area contributed by atoms with E-state index in [2.05, 4.69) is 0 Å². The van der Waals surface area contributed by atoms with Crippen molar-refractivity contribution < 1.29 is 9.18 Å². The molecule has 0 aliphatic rings. The number of nitrogens with two attached hydrogens (primary N) is 1. The van der Waals surface area contributed by atoms with Crippen molar-refractivity contribution in [3.8, 4) is 0 Å². The minimum atomic E-state index is -0.435. The molecule has 20 heavy (non-hydrogen) atoms. The number of halogens is 2. The van der Waals surface area contributed by atoms with Gasteiger partial charge in [0.25, 0.3) is 0 Å². The van der Waals surface area contributed by atoms with Crippen LogP contribution in [0.3, 0.4) is 0 Å². The van der Waals surface area contributed by atoms with Gasteiger partial charge < -0.3 is 5.73 Å². The summed E-state index contributed by atoms with van der Waals surface area (Å²) in [5.74, 6) is -0.441. The molecule has 0 aliphatic heterocycles. The molecule has 0 aliphatic carbocycles. The van der Waals surface area contributed by atoms with Crippen LogP contribution >= 0.6 is 11.6 Å². The maximum Gasteiger partial charge on any atom is 0.137 e. The lowest BCUT2D eigenvalue weighted by molar-refractivity contribution is -0.118. The molecule has 2 N–H and O–H groups in total. The first-order valence-electron chi connectivity index (χ1n) is 6.34. The van der Waals surface area contributed by atoms with Crippen molar-refractivity contribution in [1.29, 1.82) is 0 Å². The Kier molecular flexibility index (Phi) is 4.74. The molecule has 0 saturated carbocycles. The summed E-state index contributed by atoms with van der Waals surface area (Å²) in [6.07, 6.45) is 1.07. The van der Waals surface area contributed by atoms with Crippen LogP contribution in [0.1, 0.15) is 17.5 Å². The van der Waals surface area contributed by atoms with Crippen molar-refractivity contribution >= 4 is 23.1 Å². The van der Waals surface area contributed by atoms with Gasteiger partial charge in [-0.25, -0.2) is 4.39 Å². The molecule has 0 unspecified atom stereocenters. The molecule has 4 heteroatoms. The van der Waals surface area contributed by atoms with Crippen molar-refractivity contribution in [1.82, 2.24) is 0 Å². The number of hydrogen-bond donors (Lipinski definition) is 1. The number of ketones is 1. The molecule has 2 nitrogen and oxygen atoms in total. The number of rotatable bonds is 5. The Morgan fingerprint density at radius 3 is 2.70 bits per heavy atom. The van der Waals surface area contributed by atoms with Crippen molar-refractivity contribution in [2.75, 3.05) is 5.73 Å². The molecule has 0 amide bonds. The normalized spacial score (nSPS) is 10.5. The number of benzene rings is 2. The van der Waals surface area contributed by atoms with Crippen LogP contribution in [0.25, 0.3) is 0 Å². The quantitative estimate of drug-likeness (QED) is 0.851. The number of hydrogen-bond acceptors (Lipinski definition) is 2. The lowest BCUT2D eigenvalue weighted by Gasteiger charge is -2.04. The SMILES string of the molecule is Nc1cccc(CCC(=O)Cc2ccc(Cl)cc2F)c1. The lowest BCUT2D eigenvalue weighted by atomic mass is 10.0. The van der Waals surface area contributed by atoms with Gasteiger partial charge in [0.1, 0.15) is 11.6 Å². The van der Waals surface area contributed by atoms with Crippen LogP contribution in [-0.4, -0.2) is 5.78 Å². The van der Waals surface area contributed by atoms with Crippen molar-refractivity contribution in [2.24, 2.45) is 0 Å². The smallest absolute Gasteiger partial charge is 0.137 e. The van der Waals surface area contributed by atoms with Gasteiger partial charge in [0.2, 0.25) is 0 Å². The molecule has 0 saturated heterocycles. The molecule has 0 spiro atoms. The third-order valence-corrected chi connectivity index (χ3v) is 3.28. The third-order valence-electron chi connectivity index (χ3n) is 3.05. The van der Waals surface area contributed by atoms with Gasteiger partial charge in [-0.1, -0.05) is 29.8 Å². The van der Waals surface area contributed by atoms with Gasteiger partial charge >= 0.3 is 0 Å². The fourth-order valence-corrected chi connectivity index (χ4v) is 2.16. The van der Waals surface area contributed by atoms with E-state index in [4.69, 9.17) is 17.3 Å². The van der Waals surface area contributed by atoms with Gasteiger partial charge in [-0.3, -0.25) is 4.79 Å². The van der Waals surface area contributed by atoms with E-state index in [0.29, 0.717) is 29.1 Å². The van der Waals surface area contributed by atoms with E-state index in [0.717, 1.165) is 5.56 Å². The topological polar surface area (TPSA) is 43.1 Å². The molecule has 2 aromatic rings. The molecule has 2 rings (SSSR count). The molecule has 0 radical (unpaired) electrons. The maximum absolute atomic E-state index is 13.6. The Balaban J connectivity index is 1.92. The summed E-state index contributed by atoms with van der Waals surface area (Å²) in [4.78, 5) is 11.9. The van der Waals surface area contributed by atoms with E-state index in [1.807, 2.05) is 18.2 Å². The Hall–Kier alpha value is -1.87. The summed E-state index contributed by atoms with van der Waals surface area (Å²) in [5, 5.41) is 0.332. The molecule has 104 valence electrons. The number of anilines is 1. The van der Waals surface area contributed by atoms with Gasteiger partial charge in [0, 0.05) is 23.6 Å². The number of aryl methyl sites for hydroxylation is 1. The second kappa shape index (κ2) is 6.53. The van der Waals surface area contributed by atoms with Crippen LogP contribution in [0.2, 0.25) is 5.02 Å². The summed E-state index contributed by atoms with van der Waals surface area (Å²) in [6, 6.07) is 11.8. The average Bonchev–Trinajstić information content (AvgIpc) is 2.40. The van der Waals surface area contributed by atoms with E-state index >= 15 is 0 Å². The van der Waals surface area contributed by atoms with E-state index in [1.54, 1.807) is 18.2 Å². The summed E-state index contributed by atoms with van der Waals surface area (Å²) in [7, 11) is 0. The fraction of sp³-hybridized carbons (Fsp3) is 0.188. The van der Waals surface area contributed by atoms with Crippen LogP contribution in [-0.2, 0) is 17.6 Å². The molecular formula is C16H15ClFNO. The highest BCUT2D eigenvalue weighted by Crippen LogP contribution is 2.16. The first-order chi connectivity index (χ1) is 9.54. The largest absolute Gasteiger partial charge is 0.399 e. The van der Waals surface area contributed by atoms with Crippen LogP contribution in [0.5, 0.6) is 0 Å². The summed E-state index contributed by atoms with van der Waals surface area (Å²) in [5.41, 5.74) is 7.75. The van der Waals surface area contributed by atoms with E-state index < -0.39 is 5.82 Å². The Labute approximate surface area is 122 Å². The molecule has 0 heterocycles. The zero-order chi connectivity index (χ0) is 14.5. The Bertz CT molecular complexity index is 628. The molecule has 2 aromatic carbocycles. The molecule has 0 fully saturated rings. The Morgan fingerprint density at radius 1 is 1.20 bits per heavy atom. The van der Waals surface area contributed by atoms with Crippen LogP contribution < -0.4 is 5.73 Å². The van der Waals surface area contributed by atoms with Gasteiger partial charge in [-0.2, -0.15) is 0 Å². The van der Waals surface area contributed by atoms with E-state index in [9.17, 15) is 9.18 Å². The summed E-state index contributed by atoms with van der Waals surface area (Å²) in [6.45, 7) is 0. The minimum Gasteiger partial charge on any atom is -0.399 e. The monoisotopic (exact) mass is 291 g/mol. The third kappa shape index (κ3) is 4.07. The first kappa shape index (κ1) is 14.5. The maximum atomic E-state index is 13.6. The second-order valence-corrected chi connectivity index (χ2v) is 5.13. The lowest BCUT2D eigenvalue weighted by Crippen LogP contribution is -2.06. The highest BCUT2D eigenvalue weighted by atomic mass is 35.5.